The number of aromatic amines is 1. The third-order valence-corrected chi connectivity index (χ3v) is 5.09. The highest BCUT2D eigenvalue weighted by Crippen LogP contribution is 2.33. The van der Waals surface area contributed by atoms with Crippen molar-refractivity contribution in [1.82, 2.24) is 9.97 Å². The molecule has 0 fully saturated rings. The lowest BCUT2D eigenvalue weighted by molar-refractivity contribution is 0.671. The van der Waals surface area contributed by atoms with Gasteiger partial charge in [-0.2, -0.15) is 0 Å². The van der Waals surface area contributed by atoms with Gasteiger partial charge >= 0.3 is 0 Å². The predicted octanol–water partition coefficient (Wildman–Crippen LogP) is 4.99. The van der Waals surface area contributed by atoms with Crippen molar-refractivity contribution in [2.75, 3.05) is 6.54 Å². The average Bonchev–Trinajstić information content (AvgIpc) is 3.13. The summed E-state index contributed by atoms with van der Waals surface area (Å²) in [6.07, 6.45) is 4.85. The monoisotopic (exact) mass is 337 g/mol. The second-order valence-corrected chi connectivity index (χ2v) is 6.81. The third-order valence-electron chi connectivity index (χ3n) is 5.09. The molecule has 0 aliphatic carbocycles. The number of aliphatic imine (C=N–C) groups is 1. The molecule has 126 valence electrons. The molecular weight excluding hydrogens is 318 g/mol. The number of H-pyrrole nitrogens is 1. The van der Waals surface area contributed by atoms with Crippen LogP contribution in [0, 0.1) is 0 Å². The number of nitrogens with one attached hydrogen (secondary N) is 1. The fraction of sp³-hybridized carbons (Fsp3) is 0.130. The van der Waals surface area contributed by atoms with E-state index in [1.54, 1.807) is 0 Å². The highest BCUT2D eigenvalue weighted by molar-refractivity contribution is 5.94. The van der Waals surface area contributed by atoms with Crippen molar-refractivity contribution in [3.8, 4) is 11.3 Å². The molecule has 26 heavy (non-hydrogen) atoms. The molecule has 1 aliphatic heterocycles. The van der Waals surface area contributed by atoms with Gasteiger partial charge in [0.25, 0.3) is 0 Å². The Kier molecular flexibility index (Phi) is 3.64. The van der Waals surface area contributed by atoms with E-state index in [4.69, 9.17) is 0 Å². The summed E-state index contributed by atoms with van der Waals surface area (Å²) in [5, 5.41) is 1.16. The SMILES string of the molecule is C1=NCC(Cc2ccccc2)c2[nH]c(-c3cccc4cccnc34)cc21. The normalized spacial score (nSPS) is 15.9. The second-order valence-electron chi connectivity index (χ2n) is 6.81. The molecule has 0 bridgehead atoms. The number of fused-ring (bicyclic) bond motifs is 2. The Balaban J connectivity index is 1.56. The number of rotatable bonds is 3. The van der Waals surface area contributed by atoms with Crippen LogP contribution >= 0.6 is 0 Å². The fourth-order valence-corrected chi connectivity index (χ4v) is 3.83. The van der Waals surface area contributed by atoms with E-state index < -0.39 is 0 Å². The molecule has 0 spiro atoms. The minimum absolute atomic E-state index is 0.383. The molecule has 3 nitrogen and oxygen atoms in total. The Morgan fingerprint density at radius 3 is 2.77 bits per heavy atom. The van der Waals surface area contributed by atoms with Crippen LogP contribution in [0.1, 0.15) is 22.7 Å². The maximum Gasteiger partial charge on any atom is 0.0795 e. The number of benzene rings is 2. The first kappa shape index (κ1) is 15.1. The van der Waals surface area contributed by atoms with Crippen molar-refractivity contribution in [2.24, 2.45) is 4.99 Å². The summed E-state index contributed by atoms with van der Waals surface area (Å²) >= 11 is 0. The van der Waals surface area contributed by atoms with Crippen LogP contribution in [0.15, 0.2) is 77.9 Å². The molecule has 3 heterocycles. The van der Waals surface area contributed by atoms with Crippen molar-refractivity contribution in [3.05, 3.63) is 89.7 Å². The van der Waals surface area contributed by atoms with E-state index in [0.29, 0.717) is 5.92 Å². The van der Waals surface area contributed by atoms with Crippen LogP contribution in [0.5, 0.6) is 0 Å². The summed E-state index contributed by atoms with van der Waals surface area (Å²) < 4.78 is 0. The molecule has 0 amide bonds. The Morgan fingerprint density at radius 1 is 0.962 bits per heavy atom. The van der Waals surface area contributed by atoms with Gasteiger partial charge in [-0.05, 0) is 24.1 Å². The first-order valence-electron chi connectivity index (χ1n) is 8.99. The lowest BCUT2D eigenvalue weighted by Gasteiger charge is -2.18. The van der Waals surface area contributed by atoms with E-state index in [1.807, 2.05) is 18.5 Å². The van der Waals surface area contributed by atoms with Gasteiger partial charge in [-0.3, -0.25) is 9.98 Å². The van der Waals surface area contributed by atoms with E-state index >= 15 is 0 Å². The maximum atomic E-state index is 4.60. The fourth-order valence-electron chi connectivity index (χ4n) is 3.83. The molecule has 2 aromatic carbocycles. The average molecular weight is 337 g/mol. The summed E-state index contributed by atoms with van der Waals surface area (Å²) in [5.74, 6) is 0.383. The van der Waals surface area contributed by atoms with E-state index in [-0.39, 0.29) is 0 Å². The van der Waals surface area contributed by atoms with Gasteiger partial charge in [-0.1, -0.05) is 54.6 Å². The molecule has 1 aliphatic rings. The van der Waals surface area contributed by atoms with E-state index in [2.05, 4.69) is 75.6 Å². The van der Waals surface area contributed by atoms with E-state index in [1.165, 1.54) is 16.8 Å². The molecule has 0 saturated carbocycles. The molecule has 1 unspecified atom stereocenters. The number of hydrogen-bond donors (Lipinski definition) is 1. The molecule has 5 rings (SSSR count). The molecule has 0 radical (unpaired) electrons. The summed E-state index contributed by atoms with van der Waals surface area (Å²) in [6.45, 7) is 0.829. The smallest absolute Gasteiger partial charge is 0.0795 e. The summed E-state index contributed by atoms with van der Waals surface area (Å²) in [4.78, 5) is 12.9. The Hall–Kier alpha value is -3.20. The van der Waals surface area contributed by atoms with Gasteiger partial charge < -0.3 is 4.98 Å². The van der Waals surface area contributed by atoms with Gasteiger partial charge in [-0.25, -0.2) is 0 Å². The van der Waals surface area contributed by atoms with Gasteiger partial charge in [0.05, 0.1) is 5.52 Å². The quantitative estimate of drug-likeness (QED) is 0.562. The molecule has 4 aromatic rings. The highest BCUT2D eigenvalue weighted by atomic mass is 14.8. The van der Waals surface area contributed by atoms with Gasteiger partial charge in [-0.15, -0.1) is 0 Å². The van der Waals surface area contributed by atoms with Gasteiger partial charge in [0.15, 0.2) is 0 Å². The molecule has 1 atom stereocenters. The lowest BCUT2D eigenvalue weighted by Crippen LogP contribution is -2.13. The first-order valence-corrected chi connectivity index (χ1v) is 8.99. The summed E-state index contributed by atoms with van der Waals surface area (Å²) in [6, 6.07) is 23.3. The largest absolute Gasteiger partial charge is 0.357 e. The lowest BCUT2D eigenvalue weighted by atomic mass is 9.93. The van der Waals surface area contributed by atoms with Crippen molar-refractivity contribution >= 4 is 17.1 Å². The van der Waals surface area contributed by atoms with Crippen molar-refractivity contribution < 1.29 is 0 Å². The Morgan fingerprint density at radius 2 is 1.85 bits per heavy atom. The van der Waals surface area contributed by atoms with Gasteiger partial charge in [0.2, 0.25) is 0 Å². The Bertz CT molecular complexity index is 1090. The second kappa shape index (κ2) is 6.26. The van der Waals surface area contributed by atoms with Crippen LogP contribution < -0.4 is 0 Å². The molecule has 0 saturated heterocycles. The summed E-state index contributed by atoms with van der Waals surface area (Å²) in [5.41, 5.74) is 7.12. The summed E-state index contributed by atoms with van der Waals surface area (Å²) in [7, 11) is 0. The number of pyridine rings is 1. The highest BCUT2D eigenvalue weighted by Gasteiger charge is 2.22. The van der Waals surface area contributed by atoms with Crippen LogP contribution in [0.4, 0.5) is 0 Å². The van der Waals surface area contributed by atoms with Gasteiger partial charge in [0, 0.05) is 52.8 Å². The zero-order valence-corrected chi connectivity index (χ0v) is 14.4. The van der Waals surface area contributed by atoms with Crippen LogP contribution in [0.25, 0.3) is 22.2 Å². The number of nitrogens with zero attached hydrogens (tertiary/aromatic N) is 2. The minimum Gasteiger partial charge on any atom is -0.357 e. The predicted molar refractivity (Wildman–Crippen MR) is 107 cm³/mol. The van der Waals surface area contributed by atoms with Crippen LogP contribution in [-0.4, -0.2) is 22.7 Å². The minimum atomic E-state index is 0.383. The first-order chi connectivity index (χ1) is 12.9. The third kappa shape index (κ3) is 2.62. The Labute approximate surface area is 152 Å². The number of aromatic nitrogens is 2. The number of hydrogen-bond acceptors (Lipinski definition) is 2. The molecular formula is C23H19N3. The molecule has 2 aromatic heterocycles. The molecule has 3 heteroatoms. The van der Waals surface area contributed by atoms with Crippen molar-refractivity contribution in [3.63, 3.8) is 0 Å². The van der Waals surface area contributed by atoms with Crippen LogP contribution in [0.3, 0.4) is 0 Å². The topological polar surface area (TPSA) is 41.0 Å². The standard InChI is InChI=1S/C23H19N3/c1-2-6-16(7-3-1)12-18-14-24-15-19-13-21(26-22(18)19)20-10-4-8-17-9-5-11-25-23(17)20/h1-11,13,15,18,26H,12,14H2. The molecule has 1 N–H and O–H groups in total. The van der Waals surface area contributed by atoms with Crippen LogP contribution in [-0.2, 0) is 6.42 Å². The zero-order valence-electron chi connectivity index (χ0n) is 14.4. The van der Waals surface area contributed by atoms with E-state index in [0.717, 1.165) is 35.1 Å². The van der Waals surface area contributed by atoms with Gasteiger partial charge in [0.1, 0.15) is 0 Å². The zero-order chi connectivity index (χ0) is 17.3. The van der Waals surface area contributed by atoms with Crippen molar-refractivity contribution in [2.45, 2.75) is 12.3 Å². The van der Waals surface area contributed by atoms with E-state index in [9.17, 15) is 0 Å². The van der Waals surface area contributed by atoms with Crippen LogP contribution in [0.2, 0.25) is 0 Å². The van der Waals surface area contributed by atoms with Crippen molar-refractivity contribution in [1.29, 1.82) is 0 Å². The maximum absolute atomic E-state index is 4.60. The number of para-hydroxylation sites is 1.